The maximum Gasteiger partial charge on any atom is 0.190 e. The lowest BCUT2D eigenvalue weighted by atomic mass is 9.44. The molecule has 0 aromatic rings. The van der Waals surface area contributed by atoms with Gasteiger partial charge in [-0.1, -0.05) is 122 Å². The Balaban J connectivity index is 0.000000132. The Hall–Kier alpha value is -6.63. The number of rotatable bonds is 20. The first-order chi connectivity index (χ1) is 68.8. The van der Waals surface area contributed by atoms with Gasteiger partial charge in [0.15, 0.2) is 63.5 Å². The summed E-state index contributed by atoms with van der Waals surface area (Å²) in [5.41, 5.74) is -10.3. The monoisotopic (exact) mass is 2060 g/mol. The fraction of sp³-hybridized carbons (Fsp3) is 0.770. The van der Waals surface area contributed by atoms with Gasteiger partial charge in [0.05, 0.1) is 48.8 Å². The van der Waals surface area contributed by atoms with Gasteiger partial charge in [0, 0.05) is 92.7 Å². The molecule has 0 aliphatic heterocycles. The van der Waals surface area contributed by atoms with E-state index >= 15 is 4.39 Å². The highest BCUT2D eigenvalue weighted by molar-refractivity contribution is 6.04. The van der Waals surface area contributed by atoms with Gasteiger partial charge in [-0.2, -0.15) is 0 Å². The summed E-state index contributed by atoms with van der Waals surface area (Å²) in [6.07, 6.45) is 32.2. The van der Waals surface area contributed by atoms with Crippen LogP contribution in [0.15, 0.2) is 94.7 Å². The molecule has 25 nitrogen and oxygen atoms in total. The summed E-state index contributed by atoms with van der Waals surface area (Å²) in [6, 6.07) is 0. The lowest BCUT2D eigenvalue weighted by Gasteiger charge is -2.62. The van der Waals surface area contributed by atoms with Crippen molar-refractivity contribution in [1.82, 2.24) is 0 Å². The molecule has 8 N–H and O–H groups in total. The molecule has 15 fully saturated rings. The van der Waals surface area contributed by atoms with Crippen LogP contribution in [0.3, 0.4) is 0 Å². The molecular formula is C122H173FO25. The van der Waals surface area contributed by atoms with Gasteiger partial charge in [-0.05, 0) is 354 Å². The molecule has 26 heteroatoms. The summed E-state index contributed by atoms with van der Waals surface area (Å²) < 4.78 is 44.6. The maximum atomic E-state index is 17.1. The predicted molar refractivity (Wildman–Crippen MR) is 553 cm³/mol. The van der Waals surface area contributed by atoms with Crippen molar-refractivity contribution in [3.8, 4) is 0 Å². The van der Waals surface area contributed by atoms with Crippen molar-refractivity contribution in [2.75, 3.05) is 33.0 Å². The highest BCUT2D eigenvalue weighted by Crippen LogP contribution is 2.76. The summed E-state index contributed by atoms with van der Waals surface area (Å²) in [4.78, 5) is 152. The second-order valence-corrected chi connectivity index (χ2v) is 53.4. The van der Waals surface area contributed by atoms with Crippen molar-refractivity contribution in [3.05, 3.63) is 94.7 Å². The number of ketones is 12. The number of aliphatic hydroxyl groups is 8. The van der Waals surface area contributed by atoms with E-state index in [1.54, 1.807) is 43.4 Å². The van der Waals surface area contributed by atoms with E-state index in [0.717, 1.165) is 112 Å². The van der Waals surface area contributed by atoms with Crippen molar-refractivity contribution < 1.29 is 126 Å². The van der Waals surface area contributed by atoms with Crippen LogP contribution < -0.4 is 0 Å². The minimum atomic E-state index is -1.96. The minimum absolute atomic E-state index is 0.00325. The number of allylic oxidation sites excluding steroid dienone is 14. The second kappa shape index (κ2) is 40.2. The molecule has 0 radical (unpaired) electrons. The van der Waals surface area contributed by atoms with Crippen LogP contribution in [0.5, 0.6) is 0 Å². The first-order valence-electron chi connectivity index (χ1n) is 56.3. The first kappa shape index (κ1) is 114. The first-order valence-corrected chi connectivity index (χ1v) is 56.3. The highest BCUT2D eigenvalue weighted by atomic mass is 19.1. The quantitative estimate of drug-likeness (QED) is 0.0561. The molecule has 20 aliphatic rings. The van der Waals surface area contributed by atoms with Crippen LogP contribution in [0.2, 0.25) is 0 Å². The fourth-order valence-electron chi connectivity index (χ4n) is 36.7. The lowest BCUT2D eigenvalue weighted by Crippen LogP contribution is -2.69. The van der Waals surface area contributed by atoms with E-state index in [2.05, 4.69) is 27.7 Å². The van der Waals surface area contributed by atoms with Gasteiger partial charge >= 0.3 is 0 Å². The number of Topliss-reactive ketones (excluding diaryl/α,β-unsaturated/α-hetero) is 7. The molecule has 0 aromatic carbocycles. The fourth-order valence-corrected chi connectivity index (χ4v) is 36.7. The Bertz CT molecular complexity index is 5560. The van der Waals surface area contributed by atoms with Crippen LogP contribution in [-0.4, -0.2) is 226 Å². The molecular weight excluding hydrogens is 1880 g/mol. The summed E-state index contributed by atoms with van der Waals surface area (Å²) in [7, 11) is 0. The zero-order chi connectivity index (χ0) is 109. The molecule has 0 spiro atoms. The van der Waals surface area contributed by atoms with E-state index in [-0.39, 0.29) is 257 Å². The number of halogens is 1. The second-order valence-electron chi connectivity index (χ2n) is 53.4. The summed E-state index contributed by atoms with van der Waals surface area (Å²) >= 11 is 0. The largest absolute Gasteiger partial charge is 0.393 e. The molecule has 148 heavy (non-hydrogen) atoms. The minimum Gasteiger partial charge on any atom is -0.393 e. The lowest BCUT2D eigenvalue weighted by molar-refractivity contribution is -0.220. The van der Waals surface area contributed by atoms with Gasteiger partial charge in [-0.25, -0.2) is 4.39 Å². The Morgan fingerprint density at radius 1 is 0.351 bits per heavy atom. The van der Waals surface area contributed by atoms with E-state index < -0.39 is 95.8 Å². The van der Waals surface area contributed by atoms with Gasteiger partial charge in [0.2, 0.25) is 0 Å². The third kappa shape index (κ3) is 17.7. The third-order valence-electron chi connectivity index (χ3n) is 44.5. The normalized spacial score (nSPS) is 46.2. The average molecular weight is 2060 g/mol. The summed E-state index contributed by atoms with van der Waals surface area (Å²) in [5, 5.41) is 92.3. The number of ether oxygens (including phenoxy) is 5. The van der Waals surface area contributed by atoms with Crippen LogP contribution in [0, 0.1) is 149 Å². The summed E-state index contributed by atoms with van der Waals surface area (Å²) in [5.74, 6) is -1.08. The van der Waals surface area contributed by atoms with E-state index in [0.29, 0.717) is 64.2 Å². The number of aliphatic hydroxyl groups excluding tert-OH is 3. The maximum absolute atomic E-state index is 17.1. The van der Waals surface area contributed by atoms with Crippen LogP contribution in [0.4, 0.5) is 4.39 Å². The standard InChI is InChI=1S/C25H35FO5.C25H36O5.C24H36O5.C24H34O5.C24H32O5/c1-14(2)31-13-21(29)25(30)15(3)10-19-18-7-6-16-11-17(27)8-9-22(16,4)24(18,26)20(28)12-23(19,25)5;1-14(2)30-13-21(28)25(29)15(3)10-19-18-7-6-16-11-17(26)8-9-23(16,4)22(18)20(27)12-24(19,25)5;3*1-14(2)29-13-20(27)24(28)10-8-18-17-6-5-15-11-16(25)7-9-22(15,3)21(17)19(26)12-23(18,24)4/h8-9,11,14-15,18-20,28,30H,6-7,10,12-13H2,1-5H3;8-9,11,14-15,18-20,22,27,29H,6-7,10,12-13H2,1-5H3;11,14,17-19,21,26,28H,5-10,12-13H2,1-4H3;11,14,17-18,21,28H,5-10,12-13H2,1-4H3;7,9,11,14,17-18,21,28H,5-6,8,10,12-13H2,1-4H3/t15-,18+,19+,20+,22+,23+,24+,25+;15-,18+,19+,20+,22-,23+,24+,25+;17-,18-,19-,21+,22-,23-,24-;2*17-,18-,21+,22-,23-,24-/m11000/s1. The Morgan fingerprint density at radius 2 is 0.696 bits per heavy atom. The van der Waals surface area contributed by atoms with Crippen LogP contribution in [-0.2, 0) is 81.2 Å². The van der Waals surface area contributed by atoms with E-state index in [1.807, 2.05) is 136 Å². The number of carbonyl (C=O) groups excluding carboxylic acids is 12. The van der Waals surface area contributed by atoms with Gasteiger partial charge in [0.1, 0.15) is 72.6 Å². The number of fused-ring (bicyclic) bond motifs is 25. The Labute approximate surface area is 875 Å². The highest BCUT2D eigenvalue weighted by Gasteiger charge is 2.79. The molecule has 15 saturated carbocycles. The average Bonchev–Trinajstić information content (AvgIpc) is 1.48. The Morgan fingerprint density at radius 3 is 1.16 bits per heavy atom. The molecule has 20 rings (SSSR count). The van der Waals surface area contributed by atoms with Crippen molar-refractivity contribution >= 4 is 69.4 Å². The molecule has 0 saturated heterocycles. The number of hydrogen-bond acceptors (Lipinski definition) is 25. The van der Waals surface area contributed by atoms with Crippen molar-refractivity contribution in [3.63, 3.8) is 0 Å². The van der Waals surface area contributed by atoms with Gasteiger partial charge in [0.25, 0.3) is 0 Å². The smallest absolute Gasteiger partial charge is 0.190 e. The topological polar surface area (TPSA) is 413 Å². The Kier molecular flexibility index (Phi) is 31.0. The molecule has 0 aromatic heterocycles. The summed E-state index contributed by atoms with van der Waals surface area (Å²) in [6.45, 7) is 42.0. The van der Waals surface area contributed by atoms with E-state index in [4.69, 9.17) is 23.7 Å². The predicted octanol–water partition coefficient (Wildman–Crippen LogP) is 16.4. The van der Waals surface area contributed by atoms with Crippen LogP contribution >= 0.6 is 0 Å². The van der Waals surface area contributed by atoms with Crippen molar-refractivity contribution in [2.45, 2.75) is 408 Å². The van der Waals surface area contributed by atoms with Gasteiger partial charge in [-0.15, -0.1) is 0 Å². The van der Waals surface area contributed by atoms with Crippen LogP contribution in [0.25, 0.3) is 0 Å². The van der Waals surface area contributed by atoms with Gasteiger partial charge in [-0.3, -0.25) is 57.5 Å². The molecule has 818 valence electrons. The zero-order valence-corrected chi connectivity index (χ0v) is 92.2. The molecule has 35 atom stereocenters. The van der Waals surface area contributed by atoms with E-state index in [9.17, 15) is 98.4 Å². The van der Waals surface area contributed by atoms with E-state index in [1.165, 1.54) is 17.7 Å². The molecule has 0 amide bonds. The number of carbonyl (C=O) groups is 12. The third-order valence-corrected chi connectivity index (χ3v) is 44.5. The van der Waals surface area contributed by atoms with Crippen molar-refractivity contribution in [2.24, 2.45) is 149 Å². The molecule has 0 unspecified atom stereocenters. The number of hydrogen-bond donors (Lipinski definition) is 8. The van der Waals surface area contributed by atoms with Gasteiger partial charge < -0.3 is 64.5 Å². The SMILES string of the molecule is CC(C)OCC(=O)[C@@]1(O)CC[C@H]2[C@@H]3CCC4=CC(=O)C=C[C@]4(C)[C@H]3C(=O)C[C@@]21C.CC(C)OCC(=O)[C@@]1(O)CC[C@H]2[C@@H]3CCC4=CC(=O)CC[C@]4(C)[C@H]3C(=O)C[C@@]21C.CC(C)OCC(=O)[C@@]1(O)CC[C@H]2[C@@H]3CCC4=CC(=O)CC[C@]4(C)[C@H]3[C@@H](O)C[C@@]21C.CC(C)OCC(=O)[C@@]1(O)[C@H](C)C[C@H]2[C@@H]3CCC4=CC(=O)C=C[C@]4(C)[C@@]3(F)[C@@H](O)C[C@@]21C.CC(C)OCC(=O)[C@@]1(O)[C@H](C)C[C@H]2[C@@H]3CCC4=CC(=O)C=C[C@]4(C)[C@H]3[C@@H](O)C[C@@]21C. The number of alkyl halides is 1. The molecule has 0 heterocycles. The zero-order valence-electron chi connectivity index (χ0n) is 92.2. The molecule has 20 aliphatic carbocycles. The van der Waals surface area contributed by atoms with Crippen LogP contribution in [0.1, 0.15) is 326 Å². The van der Waals surface area contributed by atoms with Crippen molar-refractivity contribution in [1.29, 1.82) is 0 Å². The molecule has 0 bridgehead atoms.